The molecular formula is C22H25ClN2O. The third kappa shape index (κ3) is 3.37. The molecule has 1 aromatic heterocycles. The van der Waals surface area contributed by atoms with Gasteiger partial charge in [-0.2, -0.15) is 0 Å². The zero-order chi connectivity index (χ0) is 18.1. The highest BCUT2D eigenvalue weighted by molar-refractivity contribution is 6.29. The topological polar surface area (TPSA) is 33.2 Å². The average molecular weight is 369 g/mol. The minimum absolute atomic E-state index is 0.0251. The fourth-order valence-electron chi connectivity index (χ4n) is 4.37. The first-order chi connectivity index (χ1) is 12.7. The summed E-state index contributed by atoms with van der Waals surface area (Å²) >= 11 is 5.91. The molecule has 4 heteroatoms. The van der Waals surface area contributed by atoms with Crippen LogP contribution in [0.1, 0.15) is 52.8 Å². The Morgan fingerprint density at radius 1 is 1.08 bits per heavy atom. The summed E-state index contributed by atoms with van der Waals surface area (Å²) in [6.45, 7) is 2.71. The maximum Gasteiger partial charge on any atom is 0.243 e. The molecule has 1 aromatic carbocycles. The first-order valence-corrected chi connectivity index (χ1v) is 10.2. The third-order valence-electron chi connectivity index (χ3n) is 5.69. The lowest BCUT2D eigenvalue weighted by atomic mass is 9.96. The van der Waals surface area contributed by atoms with Gasteiger partial charge < -0.3 is 0 Å². The number of rotatable bonds is 4. The maximum atomic E-state index is 12.6. The summed E-state index contributed by atoms with van der Waals surface area (Å²) in [6, 6.07) is 8.60. The van der Waals surface area contributed by atoms with Gasteiger partial charge in [-0.3, -0.25) is 9.69 Å². The van der Waals surface area contributed by atoms with Crippen molar-refractivity contribution in [3.05, 3.63) is 57.8 Å². The second-order valence-corrected chi connectivity index (χ2v) is 7.77. The second-order valence-electron chi connectivity index (χ2n) is 7.50. The number of anilines is 1. The number of benzene rings is 1. The van der Waals surface area contributed by atoms with Gasteiger partial charge in [-0.1, -0.05) is 18.2 Å². The molecule has 0 radical (unpaired) electrons. The Labute approximate surface area is 160 Å². The molecule has 3 nitrogen and oxygen atoms in total. The molecule has 0 saturated heterocycles. The summed E-state index contributed by atoms with van der Waals surface area (Å²) in [5.41, 5.74) is 7.92. The van der Waals surface area contributed by atoms with E-state index in [0.29, 0.717) is 6.54 Å². The molecule has 1 heterocycles. The lowest BCUT2D eigenvalue weighted by Gasteiger charge is -2.24. The second kappa shape index (κ2) is 7.40. The first kappa shape index (κ1) is 17.5. The Bertz CT molecular complexity index is 846. The zero-order valence-electron chi connectivity index (χ0n) is 15.4. The van der Waals surface area contributed by atoms with Crippen molar-refractivity contribution in [2.75, 3.05) is 10.8 Å². The van der Waals surface area contributed by atoms with Gasteiger partial charge >= 0.3 is 0 Å². The number of nitrogens with zero attached hydrogens (tertiary/aromatic N) is 2. The third-order valence-corrected chi connectivity index (χ3v) is 5.92. The molecule has 0 aliphatic heterocycles. The van der Waals surface area contributed by atoms with Gasteiger partial charge in [0, 0.05) is 5.69 Å². The number of carbonyl (C=O) groups excluding carboxylic acids is 1. The number of hydrogen-bond donors (Lipinski definition) is 0. The molecule has 2 aliphatic carbocycles. The van der Waals surface area contributed by atoms with Crippen LogP contribution in [-0.2, 0) is 37.0 Å². The molecule has 0 atom stereocenters. The van der Waals surface area contributed by atoms with E-state index in [1.54, 1.807) is 4.90 Å². The number of halogens is 1. The molecule has 4 rings (SSSR count). The van der Waals surface area contributed by atoms with Crippen LogP contribution in [0.5, 0.6) is 0 Å². The van der Waals surface area contributed by atoms with Crippen LogP contribution < -0.4 is 4.90 Å². The van der Waals surface area contributed by atoms with Crippen molar-refractivity contribution in [3.63, 3.8) is 0 Å². The Morgan fingerprint density at radius 2 is 1.88 bits per heavy atom. The Hall–Kier alpha value is -1.87. The van der Waals surface area contributed by atoms with Crippen LogP contribution in [0.15, 0.2) is 24.3 Å². The fraction of sp³-hybridized carbons (Fsp3) is 0.455. The van der Waals surface area contributed by atoms with Crippen LogP contribution >= 0.6 is 11.6 Å². The van der Waals surface area contributed by atoms with E-state index in [1.165, 1.54) is 53.5 Å². The molecule has 0 unspecified atom stereocenters. The van der Waals surface area contributed by atoms with Crippen LogP contribution in [0, 0.1) is 6.92 Å². The Morgan fingerprint density at radius 3 is 2.73 bits per heavy atom. The zero-order valence-corrected chi connectivity index (χ0v) is 16.1. The number of amides is 1. The molecule has 2 aromatic rings. The maximum absolute atomic E-state index is 12.6. The molecule has 0 N–H and O–H groups in total. The monoisotopic (exact) mass is 368 g/mol. The van der Waals surface area contributed by atoms with E-state index >= 15 is 0 Å². The number of aromatic nitrogens is 1. The van der Waals surface area contributed by atoms with Crippen molar-refractivity contribution >= 4 is 23.3 Å². The number of fused-ring (bicyclic) bond motifs is 2. The predicted octanol–water partition coefficient (Wildman–Crippen LogP) is 4.53. The smallest absolute Gasteiger partial charge is 0.243 e. The normalized spacial score (nSPS) is 15.5. The molecule has 1 amide bonds. The summed E-state index contributed by atoms with van der Waals surface area (Å²) in [5, 5.41) is 0. The van der Waals surface area contributed by atoms with Gasteiger partial charge in [0.25, 0.3) is 0 Å². The fourth-order valence-corrected chi connectivity index (χ4v) is 4.52. The summed E-state index contributed by atoms with van der Waals surface area (Å²) < 4.78 is 0. The van der Waals surface area contributed by atoms with Gasteiger partial charge in [-0.15, -0.1) is 11.6 Å². The lowest BCUT2D eigenvalue weighted by molar-refractivity contribution is -0.116. The quantitative estimate of drug-likeness (QED) is 0.743. The number of pyridine rings is 1. The highest BCUT2D eigenvalue weighted by Gasteiger charge is 2.21. The van der Waals surface area contributed by atoms with Crippen molar-refractivity contribution in [1.29, 1.82) is 0 Å². The van der Waals surface area contributed by atoms with Crippen molar-refractivity contribution in [2.45, 2.75) is 58.4 Å². The minimum atomic E-state index is -0.0897. The van der Waals surface area contributed by atoms with Crippen molar-refractivity contribution < 1.29 is 4.79 Å². The lowest BCUT2D eigenvalue weighted by Crippen LogP contribution is -2.32. The number of alkyl halides is 1. The number of carbonyl (C=O) groups is 1. The number of aryl methyl sites for hydroxylation is 4. The summed E-state index contributed by atoms with van der Waals surface area (Å²) in [5.74, 6) is 0.616. The van der Waals surface area contributed by atoms with E-state index in [0.717, 1.165) is 30.8 Å². The highest BCUT2D eigenvalue weighted by Crippen LogP contribution is 2.28. The van der Waals surface area contributed by atoms with E-state index in [9.17, 15) is 4.79 Å². The summed E-state index contributed by atoms with van der Waals surface area (Å²) in [4.78, 5) is 19.1. The van der Waals surface area contributed by atoms with Gasteiger partial charge in [-0.05, 0) is 85.8 Å². The molecular weight excluding hydrogens is 344 g/mol. The largest absolute Gasteiger partial charge is 0.291 e. The van der Waals surface area contributed by atoms with E-state index in [2.05, 4.69) is 25.1 Å². The molecule has 2 aliphatic rings. The standard InChI is InChI=1S/C22H25ClN2O/c1-15-11-16(12-18-6-4-7-19(15)18)14-25(22(26)13-23)21-10-9-17-5-2-3-8-20(17)24-21/h9-12H,2-8,13-14H2,1H3. The van der Waals surface area contributed by atoms with Crippen molar-refractivity contribution in [2.24, 2.45) is 0 Å². The average Bonchev–Trinajstić information content (AvgIpc) is 3.14. The Balaban J connectivity index is 1.66. The Kier molecular flexibility index (Phi) is 4.99. The van der Waals surface area contributed by atoms with Gasteiger partial charge in [0.1, 0.15) is 11.7 Å². The van der Waals surface area contributed by atoms with Crippen molar-refractivity contribution in [1.82, 2.24) is 4.98 Å². The van der Waals surface area contributed by atoms with Gasteiger partial charge in [0.15, 0.2) is 0 Å². The van der Waals surface area contributed by atoms with E-state index < -0.39 is 0 Å². The molecule has 136 valence electrons. The van der Waals surface area contributed by atoms with Crippen LogP contribution in [0.2, 0.25) is 0 Å². The SMILES string of the molecule is Cc1cc(CN(C(=O)CCl)c2ccc3c(n2)CCCC3)cc2c1CCC2. The number of hydrogen-bond acceptors (Lipinski definition) is 2. The molecule has 26 heavy (non-hydrogen) atoms. The summed E-state index contributed by atoms with van der Waals surface area (Å²) in [6.07, 6.45) is 8.06. The van der Waals surface area contributed by atoms with Crippen LogP contribution in [0.25, 0.3) is 0 Å². The van der Waals surface area contributed by atoms with Gasteiger partial charge in [-0.25, -0.2) is 4.98 Å². The van der Waals surface area contributed by atoms with Gasteiger partial charge in [0.05, 0.1) is 6.54 Å². The van der Waals surface area contributed by atoms with Crippen LogP contribution in [0.4, 0.5) is 5.82 Å². The highest BCUT2D eigenvalue weighted by atomic mass is 35.5. The summed E-state index contributed by atoms with van der Waals surface area (Å²) in [7, 11) is 0. The van der Waals surface area contributed by atoms with E-state index in [-0.39, 0.29) is 11.8 Å². The van der Waals surface area contributed by atoms with E-state index in [1.807, 2.05) is 6.07 Å². The molecule has 0 fully saturated rings. The van der Waals surface area contributed by atoms with Gasteiger partial charge in [0.2, 0.25) is 5.91 Å². The molecule has 0 bridgehead atoms. The minimum Gasteiger partial charge on any atom is -0.291 e. The van der Waals surface area contributed by atoms with E-state index in [4.69, 9.17) is 16.6 Å². The molecule has 0 spiro atoms. The van der Waals surface area contributed by atoms with Crippen LogP contribution in [0.3, 0.4) is 0 Å². The van der Waals surface area contributed by atoms with Crippen molar-refractivity contribution in [3.8, 4) is 0 Å². The predicted molar refractivity (Wildman–Crippen MR) is 106 cm³/mol. The first-order valence-electron chi connectivity index (χ1n) is 9.62. The van der Waals surface area contributed by atoms with Crippen LogP contribution in [-0.4, -0.2) is 16.8 Å². The molecule has 0 saturated carbocycles.